The van der Waals surface area contributed by atoms with Crippen molar-refractivity contribution in [3.63, 3.8) is 0 Å². The van der Waals surface area contributed by atoms with E-state index in [1.54, 1.807) is 0 Å². The summed E-state index contributed by atoms with van der Waals surface area (Å²) in [5.41, 5.74) is 4.38. The van der Waals surface area contributed by atoms with Gasteiger partial charge in [-0.2, -0.15) is 0 Å². The quantitative estimate of drug-likeness (QED) is 0.310. The maximum atomic E-state index is 14.1. The number of ether oxygens (including phenoxy) is 4. The number of amides is 2. The average molecular weight is 573 g/mol. The highest BCUT2D eigenvalue weighted by Crippen LogP contribution is 2.48. The van der Waals surface area contributed by atoms with Crippen molar-refractivity contribution in [1.29, 1.82) is 0 Å². The summed E-state index contributed by atoms with van der Waals surface area (Å²) < 4.78 is 23.3. The molecule has 0 aromatic heterocycles. The van der Waals surface area contributed by atoms with Crippen LogP contribution in [0.4, 0.5) is 0 Å². The van der Waals surface area contributed by atoms with E-state index in [4.69, 9.17) is 18.9 Å². The fourth-order valence-corrected chi connectivity index (χ4v) is 6.04. The van der Waals surface area contributed by atoms with Gasteiger partial charge in [0.1, 0.15) is 0 Å². The lowest BCUT2D eigenvalue weighted by molar-refractivity contribution is -0.124. The molecule has 2 aliphatic rings. The summed E-state index contributed by atoms with van der Waals surface area (Å²) in [6.45, 7) is 10.8. The highest BCUT2D eigenvalue weighted by molar-refractivity contribution is 6.01. The van der Waals surface area contributed by atoms with Gasteiger partial charge in [0.15, 0.2) is 23.0 Å². The zero-order valence-corrected chi connectivity index (χ0v) is 24.9. The van der Waals surface area contributed by atoms with Crippen LogP contribution in [0.25, 0.3) is 0 Å². The third kappa shape index (κ3) is 5.75. The van der Waals surface area contributed by atoms with Gasteiger partial charge in [-0.15, -0.1) is 0 Å². The molecule has 0 spiro atoms. The Labute approximate surface area is 247 Å². The van der Waals surface area contributed by atoms with Crippen molar-refractivity contribution in [2.45, 2.75) is 52.5 Å². The van der Waals surface area contributed by atoms with Crippen LogP contribution >= 0.6 is 0 Å². The molecule has 2 aliphatic heterocycles. The molecule has 0 radical (unpaired) electrons. The molecule has 3 aromatic carbocycles. The predicted molar refractivity (Wildman–Crippen MR) is 161 cm³/mol. The van der Waals surface area contributed by atoms with Gasteiger partial charge < -0.3 is 29.2 Å². The average Bonchev–Trinajstić information content (AvgIpc) is 2.99. The molecule has 42 heavy (non-hydrogen) atoms. The molecule has 8 heteroatoms. The van der Waals surface area contributed by atoms with Crippen LogP contribution in [0.2, 0.25) is 0 Å². The molecule has 0 bridgehead atoms. The number of nitrogens with zero attached hydrogens (tertiary/aromatic N) is 1. The van der Waals surface area contributed by atoms with Crippen LogP contribution in [0.15, 0.2) is 54.6 Å². The van der Waals surface area contributed by atoms with Gasteiger partial charge in [-0.25, -0.2) is 0 Å². The Balaban J connectivity index is 1.44. The second-order valence-corrected chi connectivity index (χ2v) is 10.3. The minimum atomic E-state index is -0.565. The van der Waals surface area contributed by atoms with Crippen LogP contribution in [0, 0.1) is 0 Å². The summed E-state index contributed by atoms with van der Waals surface area (Å²) in [6, 6.07) is 16.9. The minimum absolute atomic E-state index is 0.0463. The second-order valence-electron chi connectivity index (χ2n) is 10.3. The lowest BCUT2D eigenvalue weighted by Gasteiger charge is -2.45. The van der Waals surface area contributed by atoms with Crippen LogP contribution in [0.5, 0.6) is 23.0 Å². The largest absolute Gasteiger partial charge is 0.490 e. The van der Waals surface area contributed by atoms with Gasteiger partial charge in [-0.05, 0) is 93.1 Å². The lowest BCUT2D eigenvalue weighted by Crippen LogP contribution is -2.50. The van der Waals surface area contributed by atoms with E-state index in [0.717, 1.165) is 22.3 Å². The van der Waals surface area contributed by atoms with Gasteiger partial charge >= 0.3 is 0 Å². The van der Waals surface area contributed by atoms with E-state index in [2.05, 4.69) is 5.32 Å². The molecular formula is C34H40N2O6. The molecule has 1 N–H and O–H groups in total. The van der Waals surface area contributed by atoms with E-state index >= 15 is 0 Å². The first-order valence-electron chi connectivity index (χ1n) is 15.0. The zero-order valence-electron chi connectivity index (χ0n) is 24.9. The molecule has 2 amide bonds. The minimum Gasteiger partial charge on any atom is -0.490 e. The monoisotopic (exact) mass is 572 g/mol. The SMILES string of the molecule is CCOc1ccc(CCNC(=O)[C@H]2c3ccccc3C(=O)N3CCc4cc(OCC)c(OCC)cc4[C@H]23)cc1OCC. The molecule has 2 heterocycles. The number of carbonyl (C=O) groups is 2. The first kappa shape index (κ1) is 29.3. The Morgan fingerprint density at radius 2 is 1.45 bits per heavy atom. The molecule has 8 nitrogen and oxygen atoms in total. The Hall–Kier alpha value is -4.20. The lowest BCUT2D eigenvalue weighted by atomic mass is 9.75. The van der Waals surface area contributed by atoms with Gasteiger partial charge in [-0.1, -0.05) is 24.3 Å². The van der Waals surface area contributed by atoms with Crippen LogP contribution in [-0.4, -0.2) is 56.2 Å². The topological polar surface area (TPSA) is 86.3 Å². The van der Waals surface area contributed by atoms with E-state index in [9.17, 15) is 9.59 Å². The van der Waals surface area contributed by atoms with Crippen molar-refractivity contribution >= 4 is 11.8 Å². The Bertz CT molecular complexity index is 1440. The molecule has 0 aliphatic carbocycles. The van der Waals surface area contributed by atoms with Crippen molar-refractivity contribution in [2.24, 2.45) is 0 Å². The maximum absolute atomic E-state index is 14.1. The molecule has 0 fully saturated rings. The maximum Gasteiger partial charge on any atom is 0.254 e. The van der Waals surface area contributed by atoms with E-state index in [-0.39, 0.29) is 11.8 Å². The molecule has 222 valence electrons. The third-order valence-electron chi connectivity index (χ3n) is 7.79. The van der Waals surface area contributed by atoms with Crippen LogP contribution in [-0.2, 0) is 17.6 Å². The van der Waals surface area contributed by atoms with Crippen molar-refractivity contribution in [3.8, 4) is 23.0 Å². The van der Waals surface area contributed by atoms with Crippen LogP contribution < -0.4 is 24.3 Å². The number of carbonyl (C=O) groups excluding carboxylic acids is 2. The van der Waals surface area contributed by atoms with Gasteiger partial charge in [-0.3, -0.25) is 9.59 Å². The molecular weight excluding hydrogens is 532 g/mol. The van der Waals surface area contributed by atoms with Crippen molar-refractivity contribution in [2.75, 3.05) is 39.5 Å². The Morgan fingerprint density at radius 3 is 2.17 bits per heavy atom. The summed E-state index contributed by atoms with van der Waals surface area (Å²) in [5.74, 6) is 2.02. The van der Waals surface area contributed by atoms with Gasteiger partial charge in [0, 0.05) is 18.7 Å². The highest BCUT2D eigenvalue weighted by Gasteiger charge is 2.46. The molecule has 3 aromatic rings. The highest BCUT2D eigenvalue weighted by atomic mass is 16.5. The normalized spacial score (nSPS) is 17.0. The van der Waals surface area contributed by atoms with Crippen molar-refractivity contribution in [1.82, 2.24) is 10.2 Å². The number of nitrogens with one attached hydrogen (secondary N) is 1. The first-order chi connectivity index (χ1) is 20.5. The van der Waals surface area contributed by atoms with E-state index in [1.807, 2.05) is 87.2 Å². The molecule has 0 unspecified atom stereocenters. The van der Waals surface area contributed by atoms with Crippen molar-refractivity contribution < 1.29 is 28.5 Å². The Morgan fingerprint density at radius 1 is 0.810 bits per heavy atom. The third-order valence-corrected chi connectivity index (χ3v) is 7.79. The van der Waals surface area contributed by atoms with Crippen molar-refractivity contribution in [3.05, 3.63) is 82.4 Å². The Kier molecular flexibility index (Phi) is 9.20. The fraction of sp³-hybridized carbons (Fsp3) is 0.412. The van der Waals surface area contributed by atoms with E-state index in [1.165, 1.54) is 0 Å². The molecule has 5 rings (SSSR count). The molecule has 2 atom stereocenters. The zero-order chi connectivity index (χ0) is 29.6. The number of rotatable bonds is 12. The second kappa shape index (κ2) is 13.2. The smallest absolute Gasteiger partial charge is 0.254 e. The van der Waals surface area contributed by atoms with Crippen LogP contribution in [0.3, 0.4) is 0 Å². The van der Waals surface area contributed by atoms with Gasteiger partial charge in [0.05, 0.1) is 38.4 Å². The fourth-order valence-electron chi connectivity index (χ4n) is 6.04. The van der Waals surface area contributed by atoms with Crippen LogP contribution in [0.1, 0.15) is 72.3 Å². The molecule has 0 saturated heterocycles. The van der Waals surface area contributed by atoms with Gasteiger partial charge in [0.2, 0.25) is 5.91 Å². The summed E-state index contributed by atoms with van der Waals surface area (Å²) >= 11 is 0. The van der Waals surface area contributed by atoms with E-state index in [0.29, 0.717) is 80.9 Å². The number of hydrogen-bond donors (Lipinski definition) is 1. The standard InChI is InChI=1S/C34H40N2O6/c1-5-39-27-14-13-22(19-28(27)40-6-2)15-17-35-33(37)31-24-11-9-10-12-25(24)34(38)36-18-16-23-20-29(41-7-3)30(42-8-4)21-26(23)32(31)36/h9-14,19-21,31-32H,5-8,15-18H2,1-4H3,(H,35,37)/t31-,32+/m0/s1. The number of hydrogen-bond acceptors (Lipinski definition) is 6. The predicted octanol–water partition coefficient (Wildman–Crippen LogP) is 5.48. The van der Waals surface area contributed by atoms with E-state index < -0.39 is 12.0 Å². The number of fused-ring (bicyclic) bond motifs is 4. The summed E-state index contributed by atoms with van der Waals surface area (Å²) in [4.78, 5) is 29.6. The number of benzene rings is 3. The first-order valence-corrected chi connectivity index (χ1v) is 15.0. The summed E-state index contributed by atoms with van der Waals surface area (Å²) in [7, 11) is 0. The summed E-state index contributed by atoms with van der Waals surface area (Å²) in [5, 5.41) is 3.18. The molecule has 0 saturated carbocycles. The summed E-state index contributed by atoms with van der Waals surface area (Å²) in [6.07, 6.45) is 1.31. The van der Waals surface area contributed by atoms with Gasteiger partial charge in [0.25, 0.3) is 5.91 Å².